The second kappa shape index (κ2) is 8.08. The van der Waals surface area contributed by atoms with E-state index in [1.165, 1.54) is 16.9 Å². The Kier molecular flexibility index (Phi) is 5.54. The van der Waals surface area contributed by atoms with Crippen molar-refractivity contribution in [2.45, 2.75) is 57.7 Å². The number of fused-ring (bicyclic) bond motifs is 1. The second-order valence-corrected chi connectivity index (χ2v) is 9.16. The van der Waals surface area contributed by atoms with E-state index in [0.29, 0.717) is 18.0 Å². The maximum Gasteiger partial charge on any atom is 0.254 e. The van der Waals surface area contributed by atoms with Gasteiger partial charge in [0.1, 0.15) is 6.04 Å². The fraction of sp³-hybridized carbons (Fsp3) is 0.478. The molecule has 2 heterocycles. The number of thiophene rings is 1. The Morgan fingerprint density at radius 2 is 1.89 bits per heavy atom. The minimum atomic E-state index is -0.342. The van der Waals surface area contributed by atoms with Crippen molar-refractivity contribution in [1.29, 1.82) is 0 Å². The van der Waals surface area contributed by atoms with E-state index in [4.69, 9.17) is 0 Å². The first-order chi connectivity index (χ1) is 13.6. The van der Waals surface area contributed by atoms with Gasteiger partial charge in [0.15, 0.2) is 0 Å². The van der Waals surface area contributed by atoms with E-state index < -0.39 is 0 Å². The molecule has 4 rings (SSSR count). The van der Waals surface area contributed by atoms with Crippen LogP contribution in [0.3, 0.4) is 0 Å². The molecule has 1 saturated heterocycles. The lowest BCUT2D eigenvalue weighted by molar-refractivity contribution is -0.134. The number of aryl methyl sites for hydroxylation is 1. The first-order valence-corrected chi connectivity index (χ1v) is 11.1. The fourth-order valence-electron chi connectivity index (χ4n) is 4.82. The molecule has 2 aliphatic rings. The summed E-state index contributed by atoms with van der Waals surface area (Å²) in [5, 5.41) is 2.07. The number of amides is 2. The number of carbonyl (C=O) groups is 2. The zero-order valence-corrected chi connectivity index (χ0v) is 17.5. The normalized spacial score (nSPS) is 24.1. The Morgan fingerprint density at radius 3 is 2.61 bits per heavy atom. The van der Waals surface area contributed by atoms with Gasteiger partial charge in [0.25, 0.3) is 5.91 Å². The lowest BCUT2D eigenvalue weighted by Crippen LogP contribution is -2.49. The Hall–Kier alpha value is -2.14. The number of rotatable bonds is 4. The van der Waals surface area contributed by atoms with Crippen LogP contribution in [-0.4, -0.2) is 40.7 Å². The third-order valence-corrected chi connectivity index (χ3v) is 7.36. The first kappa shape index (κ1) is 19.2. The summed E-state index contributed by atoms with van der Waals surface area (Å²) in [6.07, 6.45) is 5.29. The van der Waals surface area contributed by atoms with Crippen LogP contribution in [0.5, 0.6) is 0 Å². The van der Waals surface area contributed by atoms with Gasteiger partial charge in [-0.2, -0.15) is 0 Å². The van der Waals surface area contributed by atoms with Crippen LogP contribution < -0.4 is 0 Å². The molecule has 5 heteroatoms. The summed E-state index contributed by atoms with van der Waals surface area (Å²) in [5.74, 6) is 0.535. The Labute approximate surface area is 171 Å². The van der Waals surface area contributed by atoms with E-state index in [1.54, 1.807) is 11.3 Å². The van der Waals surface area contributed by atoms with E-state index in [2.05, 4.69) is 18.4 Å². The highest BCUT2D eigenvalue weighted by molar-refractivity contribution is 7.10. The summed E-state index contributed by atoms with van der Waals surface area (Å²) in [5.41, 5.74) is 1.91. The number of nitrogens with zero attached hydrogens (tertiary/aromatic N) is 2. The predicted molar refractivity (Wildman–Crippen MR) is 112 cm³/mol. The van der Waals surface area contributed by atoms with E-state index in [-0.39, 0.29) is 23.9 Å². The Bertz CT molecular complexity index is 847. The average Bonchev–Trinajstić information content (AvgIpc) is 3.31. The number of likely N-dealkylation sites (tertiary alicyclic amines) is 1. The van der Waals surface area contributed by atoms with Crippen LogP contribution in [0, 0.1) is 12.8 Å². The van der Waals surface area contributed by atoms with Gasteiger partial charge in [-0.15, -0.1) is 11.3 Å². The van der Waals surface area contributed by atoms with Crippen LogP contribution in [0.25, 0.3) is 0 Å². The summed E-state index contributed by atoms with van der Waals surface area (Å²) in [6.45, 7) is 2.70. The van der Waals surface area contributed by atoms with E-state index >= 15 is 0 Å². The summed E-state index contributed by atoms with van der Waals surface area (Å²) in [7, 11) is 1.87. The van der Waals surface area contributed by atoms with Gasteiger partial charge in [-0.1, -0.05) is 31.0 Å². The molecule has 4 nitrogen and oxygen atoms in total. The molecule has 0 bridgehead atoms. The molecular weight excluding hydrogens is 368 g/mol. The second-order valence-electron chi connectivity index (χ2n) is 8.16. The largest absolute Gasteiger partial charge is 0.339 e. The molecule has 1 saturated carbocycles. The van der Waals surface area contributed by atoms with Crippen LogP contribution in [0.1, 0.15) is 52.9 Å². The molecule has 1 aromatic carbocycles. The molecule has 3 unspecified atom stereocenters. The van der Waals surface area contributed by atoms with Crippen molar-refractivity contribution in [3.63, 3.8) is 0 Å². The Morgan fingerprint density at radius 1 is 1.14 bits per heavy atom. The van der Waals surface area contributed by atoms with Crippen molar-refractivity contribution >= 4 is 23.2 Å². The minimum Gasteiger partial charge on any atom is -0.339 e. The highest BCUT2D eigenvalue weighted by Crippen LogP contribution is 2.41. The van der Waals surface area contributed by atoms with Crippen molar-refractivity contribution in [2.24, 2.45) is 5.92 Å². The summed E-state index contributed by atoms with van der Waals surface area (Å²) in [4.78, 5) is 31.7. The van der Waals surface area contributed by atoms with Gasteiger partial charge in [-0.3, -0.25) is 9.59 Å². The van der Waals surface area contributed by atoms with Crippen molar-refractivity contribution in [3.05, 3.63) is 57.8 Å². The molecule has 0 radical (unpaired) electrons. The van der Waals surface area contributed by atoms with Crippen molar-refractivity contribution in [1.82, 2.24) is 9.80 Å². The highest BCUT2D eigenvalue weighted by atomic mass is 32.1. The maximum absolute atomic E-state index is 13.4. The van der Waals surface area contributed by atoms with Gasteiger partial charge in [0.2, 0.25) is 5.91 Å². The number of benzene rings is 1. The van der Waals surface area contributed by atoms with Gasteiger partial charge in [0, 0.05) is 23.5 Å². The summed E-state index contributed by atoms with van der Waals surface area (Å²) in [6, 6.07) is 11.4. The number of hydrogen-bond donors (Lipinski definition) is 0. The molecule has 1 aromatic heterocycles. The molecule has 3 atom stereocenters. The molecule has 1 aliphatic heterocycles. The number of likely N-dealkylation sites (N-methyl/N-ethyl adjacent to an activating group) is 1. The molecule has 28 heavy (non-hydrogen) atoms. The Balaban J connectivity index is 1.58. The third kappa shape index (κ3) is 3.60. The average molecular weight is 397 g/mol. The van der Waals surface area contributed by atoms with E-state index in [9.17, 15) is 9.59 Å². The third-order valence-electron chi connectivity index (χ3n) is 6.35. The fourth-order valence-corrected chi connectivity index (χ4v) is 5.77. The number of hydrogen-bond acceptors (Lipinski definition) is 3. The molecule has 1 aliphatic carbocycles. The van der Waals surface area contributed by atoms with Gasteiger partial charge in [-0.25, -0.2) is 0 Å². The molecule has 148 valence electrons. The van der Waals surface area contributed by atoms with Crippen molar-refractivity contribution in [3.8, 4) is 0 Å². The topological polar surface area (TPSA) is 40.6 Å². The van der Waals surface area contributed by atoms with Crippen molar-refractivity contribution in [2.75, 3.05) is 7.05 Å². The lowest BCUT2D eigenvalue weighted by Gasteiger charge is -2.34. The van der Waals surface area contributed by atoms with Gasteiger partial charge >= 0.3 is 0 Å². The van der Waals surface area contributed by atoms with E-state index in [0.717, 1.165) is 25.7 Å². The van der Waals surface area contributed by atoms with Crippen molar-refractivity contribution < 1.29 is 9.59 Å². The summed E-state index contributed by atoms with van der Waals surface area (Å²) < 4.78 is 0. The SMILES string of the molecule is Cc1ccsc1CN(C)C(=O)C1CC2CCCCC2N1C(=O)c1ccccc1. The molecule has 2 fully saturated rings. The molecular formula is C23H28N2O2S. The van der Waals surface area contributed by atoms with Crippen LogP contribution in [0.2, 0.25) is 0 Å². The van der Waals surface area contributed by atoms with E-state index in [1.807, 2.05) is 47.2 Å². The molecule has 0 N–H and O–H groups in total. The monoisotopic (exact) mass is 396 g/mol. The van der Waals surface area contributed by atoms with Gasteiger partial charge in [-0.05, 0) is 61.2 Å². The highest BCUT2D eigenvalue weighted by Gasteiger charge is 2.48. The smallest absolute Gasteiger partial charge is 0.254 e. The van der Waals surface area contributed by atoms with Crippen LogP contribution in [0.4, 0.5) is 0 Å². The van der Waals surface area contributed by atoms with Gasteiger partial charge < -0.3 is 9.80 Å². The zero-order valence-electron chi connectivity index (χ0n) is 16.6. The number of carbonyl (C=O) groups excluding carboxylic acids is 2. The molecule has 0 spiro atoms. The standard InChI is InChI=1S/C23H28N2O2S/c1-16-12-13-28-21(16)15-24(2)23(27)20-14-18-10-6-7-11-19(18)25(20)22(26)17-8-4-3-5-9-17/h3-5,8-9,12-13,18-20H,6-7,10-11,14-15H2,1-2H3. The molecule has 2 aromatic rings. The van der Waals surface area contributed by atoms with Crippen LogP contribution >= 0.6 is 11.3 Å². The lowest BCUT2D eigenvalue weighted by atomic mass is 9.84. The van der Waals surface area contributed by atoms with Gasteiger partial charge in [0.05, 0.1) is 6.54 Å². The van der Waals surface area contributed by atoms with Crippen LogP contribution in [0.15, 0.2) is 41.8 Å². The molecule has 2 amide bonds. The van der Waals surface area contributed by atoms with Crippen LogP contribution in [-0.2, 0) is 11.3 Å². The maximum atomic E-state index is 13.4. The first-order valence-electron chi connectivity index (χ1n) is 10.2. The summed E-state index contributed by atoms with van der Waals surface area (Å²) >= 11 is 1.69. The quantitative estimate of drug-likeness (QED) is 0.764. The predicted octanol–water partition coefficient (Wildman–Crippen LogP) is 4.49. The minimum absolute atomic E-state index is 0.00838. The zero-order chi connectivity index (χ0) is 19.7.